The highest BCUT2D eigenvalue weighted by atomic mass is 16.7. The maximum absolute atomic E-state index is 14.5. The van der Waals surface area contributed by atoms with Gasteiger partial charge in [-0.05, 0) is 60.3 Å². The Morgan fingerprint density at radius 1 is 1.06 bits per heavy atom. The van der Waals surface area contributed by atoms with Crippen LogP contribution in [-0.2, 0) is 28.8 Å². The lowest BCUT2D eigenvalue weighted by molar-refractivity contribution is -0.145. The summed E-state index contributed by atoms with van der Waals surface area (Å²) in [7, 11) is 1.62. The van der Waals surface area contributed by atoms with Gasteiger partial charge in [-0.25, -0.2) is 0 Å². The molecule has 4 amide bonds. The van der Waals surface area contributed by atoms with Crippen LogP contribution < -0.4 is 21.1 Å². The lowest BCUT2D eigenvalue weighted by Crippen LogP contribution is -2.59. The van der Waals surface area contributed by atoms with Gasteiger partial charge in [0.15, 0.2) is 5.60 Å². The van der Waals surface area contributed by atoms with E-state index in [0.29, 0.717) is 18.6 Å². The van der Waals surface area contributed by atoms with E-state index in [0.717, 1.165) is 35.3 Å². The normalized spacial score (nSPS) is 22.3. The van der Waals surface area contributed by atoms with Crippen LogP contribution in [0.1, 0.15) is 96.8 Å². The molecule has 1 saturated carbocycles. The molecule has 12 heteroatoms. The molecule has 1 aromatic carbocycles. The molecule has 4 atom stereocenters. The Kier molecular flexibility index (Phi) is 10.1. The molecule has 258 valence electrons. The largest absolute Gasteiger partial charge is 0.496 e. The molecular formula is C35H51N5O7. The average Bonchev–Trinajstić information content (AvgIpc) is 3.54. The Bertz CT molecular complexity index is 1450. The zero-order valence-corrected chi connectivity index (χ0v) is 29.2. The van der Waals surface area contributed by atoms with Gasteiger partial charge in [-0.15, -0.1) is 0 Å². The summed E-state index contributed by atoms with van der Waals surface area (Å²) in [6.45, 7) is 15.3. The van der Waals surface area contributed by atoms with Crippen molar-refractivity contribution in [1.29, 1.82) is 0 Å². The molecular weight excluding hydrogens is 602 g/mol. The predicted octanol–water partition coefficient (Wildman–Crippen LogP) is 3.08. The summed E-state index contributed by atoms with van der Waals surface area (Å²) in [4.78, 5) is 73.7. The van der Waals surface area contributed by atoms with Gasteiger partial charge in [0, 0.05) is 24.8 Å². The first-order valence-corrected chi connectivity index (χ1v) is 16.4. The number of primary amides is 1. The van der Waals surface area contributed by atoms with Gasteiger partial charge in [0.1, 0.15) is 17.8 Å². The Hall–Kier alpha value is -3.96. The van der Waals surface area contributed by atoms with Crippen LogP contribution in [0, 0.1) is 30.6 Å². The molecule has 0 radical (unpaired) electrons. The smallest absolute Gasteiger partial charge is 0.287 e. The quantitative estimate of drug-likeness (QED) is 0.308. The SMILES string of the molecule is COc1c(C)cc(C2=NO[C@]3(C2)C[C@@H](C(=O)N[C@@H](CC2CC2)C(=O)C(N)=O)N(C(=O)[C@@H](NC(=O)CC(C)(C)C)C(C)(C)C)C3)cc1C. The molecule has 2 aliphatic heterocycles. The van der Waals surface area contributed by atoms with Crippen LogP contribution in [0.5, 0.6) is 5.75 Å². The number of hydrogen-bond acceptors (Lipinski definition) is 8. The number of likely N-dealkylation sites (tertiary alicyclic amines) is 1. The van der Waals surface area contributed by atoms with Crippen molar-refractivity contribution >= 4 is 35.1 Å². The van der Waals surface area contributed by atoms with Crippen LogP contribution >= 0.6 is 0 Å². The fourth-order valence-electron chi connectivity index (χ4n) is 6.59. The minimum atomic E-state index is -1.12. The van der Waals surface area contributed by atoms with E-state index in [1.807, 2.05) is 67.5 Å². The number of Topliss-reactive ketones (excluding diaryl/α,β-unsaturated/α-hetero) is 1. The van der Waals surface area contributed by atoms with Crippen molar-refractivity contribution < 1.29 is 33.5 Å². The van der Waals surface area contributed by atoms with E-state index in [-0.39, 0.29) is 36.6 Å². The number of carbonyl (C=O) groups excluding carboxylic acids is 5. The Labute approximate surface area is 277 Å². The van der Waals surface area contributed by atoms with E-state index in [2.05, 4.69) is 15.8 Å². The van der Waals surface area contributed by atoms with Crippen LogP contribution in [0.4, 0.5) is 0 Å². The van der Waals surface area contributed by atoms with Crippen LogP contribution in [0.15, 0.2) is 17.3 Å². The lowest BCUT2D eigenvalue weighted by atomic mass is 9.84. The van der Waals surface area contributed by atoms with Crippen LogP contribution in [0.25, 0.3) is 0 Å². The molecule has 4 rings (SSSR count). The summed E-state index contributed by atoms with van der Waals surface area (Å²) >= 11 is 0. The molecule has 0 unspecified atom stereocenters. The maximum Gasteiger partial charge on any atom is 0.287 e. The summed E-state index contributed by atoms with van der Waals surface area (Å²) in [5, 5.41) is 10.1. The second-order valence-electron chi connectivity index (χ2n) is 15.9. The van der Waals surface area contributed by atoms with Crippen molar-refractivity contribution in [2.45, 2.75) is 118 Å². The molecule has 0 bridgehead atoms. The van der Waals surface area contributed by atoms with Gasteiger partial charge in [0.25, 0.3) is 5.91 Å². The van der Waals surface area contributed by atoms with Crippen LogP contribution in [-0.4, -0.2) is 77.4 Å². The Balaban J connectivity index is 1.65. The zero-order chi connectivity index (χ0) is 35.1. The number of rotatable bonds is 11. The van der Waals surface area contributed by atoms with Crippen molar-refractivity contribution in [3.8, 4) is 5.75 Å². The maximum atomic E-state index is 14.5. The molecule has 12 nitrogen and oxygen atoms in total. The zero-order valence-electron chi connectivity index (χ0n) is 29.2. The summed E-state index contributed by atoms with van der Waals surface area (Å²) in [6, 6.07) is 0.836. The van der Waals surface area contributed by atoms with Gasteiger partial charge in [-0.2, -0.15) is 0 Å². The third-order valence-corrected chi connectivity index (χ3v) is 9.07. The van der Waals surface area contributed by atoms with E-state index in [9.17, 15) is 24.0 Å². The second-order valence-corrected chi connectivity index (χ2v) is 15.9. The fourth-order valence-corrected chi connectivity index (χ4v) is 6.59. The standard InChI is InChI=1S/C35H51N5O7/c1-19-12-22(13-20(2)28(19)46-9)24-15-35(47-39-24)16-25(31(44)37-23(14-21-10-11-21)27(42)30(36)43)40(18-35)32(45)29(34(6,7)8)38-26(41)17-33(3,4)5/h12-13,21,23,25,29H,10-11,14-18H2,1-9H3,(H2,36,43)(H,37,44)(H,38,41)/t23-,25-,29+,35+/m0/s1. The number of nitrogens with two attached hydrogens (primary N) is 1. The van der Waals surface area contributed by atoms with Gasteiger partial charge in [-0.3, -0.25) is 24.0 Å². The van der Waals surface area contributed by atoms with Gasteiger partial charge >= 0.3 is 0 Å². The monoisotopic (exact) mass is 653 g/mol. The van der Waals surface area contributed by atoms with Crippen LogP contribution in [0.3, 0.4) is 0 Å². The minimum Gasteiger partial charge on any atom is -0.496 e. The third-order valence-electron chi connectivity index (χ3n) is 9.07. The van der Waals surface area contributed by atoms with Gasteiger partial charge in [0.05, 0.1) is 25.4 Å². The number of ether oxygens (including phenoxy) is 1. The molecule has 47 heavy (non-hydrogen) atoms. The van der Waals surface area contributed by atoms with E-state index in [4.69, 9.17) is 15.3 Å². The number of aryl methyl sites for hydroxylation is 2. The van der Waals surface area contributed by atoms with Gasteiger partial charge in [-0.1, -0.05) is 59.5 Å². The molecule has 4 N–H and O–H groups in total. The van der Waals surface area contributed by atoms with E-state index in [1.54, 1.807) is 7.11 Å². The van der Waals surface area contributed by atoms with Crippen molar-refractivity contribution in [2.24, 2.45) is 27.6 Å². The first kappa shape index (κ1) is 35.9. The van der Waals surface area contributed by atoms with Crippen molar-refractivity contribution in [2.75, 3.05) is 13.7 Å². The highest BCUT2D eigenvalue weighted by Crippen LogP contribution is 2.41. The molecule has 2 fully saturated rings. The summed E-state index contributed by atoms with van der Waals surface area (Å²) in [6.07, 6.45) is 2.73. The van der Waals surface area contributed by atoms with E-state index in [1.165, 1.54) is 4.90 Å². The molecule has 0 aromatic heterocycles. The van der Waals surface area contributed by atoms with E-state index >= 15 is 0 Å². The first-order chi connectivity index (χ1) is 21.7. The number of nitrogens with zero attached hydrogens (tertiary/aromatic N) is 2. The number of oxime groups is 1. The predicted molar refractivity (Wildman–Crippen MR) is 176 cm³/mol. The number of nitrogens with one attached hydrogen (secondary N) is 2. The van der Waals surface area contributed by atoms with E-state index < -0.39 is 52.6 Å². The average molecular weight is 654 g/mol. The first-order valence-electron chi connectivity index (χ1n) is 16.4. The Morgan fingerprint density at radius 3 is 2.19 bits per heavy atom. The number of benzene rings is 1. The number of amides is 4. The summed E-state index contributed by atoms with van der Waals surface area (Å²) in [5.74, 6) is -2.29. The van der Waals surface area contributed by atoms with Crippen LogP contribution in [0.2, 0.25) is 0 Å². The topological polar surface area (TPSA) is 169 Å². The van der Waals surface area contributed by atoms with Crippen molar-refractivity contribution in [1.82, 2.24) is 15.5 Å². The molecule has 1 saturated heterocycles. The van der Waals surface area contributed by atoms with Crippen molar-refractivity contribution in [3.63, 3.8) is 0 Å². The van der Waals surface area contributed by atoms with Gasteiger partial charge < -0.3 is 30.8 Å². The number of carbonyl (C=O) groups is 5. The minimum absolute atomic E-state index is 0.0316. The number of hydrogen-bond donors (Lipinski definition) is 3. The molecule has 1 aliphatic carbocycles. The molecule has 1 aromatic rings. The van der Waals surface area contributed by atoms with Crippen molar-refractivity contribution in [3.05, 3.63) is 28.8 Å². The highest BCUT2D eigenvalue weighted by Gasteiger charge is 2.56. The lowest BCUT2D eigenvalue weighted by Gasteiger charge is -2.36. The summed E-state index contributed by atoms with van der Waals surface area (Å²) in [5.41, 5.74) is 6.70. The highest BCUT2D eigenvalue weighted by molar-refractivity contribution is 6.37. The Morgan fingerprint density at radius 2 is 1.68 bits per heavy atom. The number of ketones is 1. The third kappa shape index (κ3) is 8.50. The fraction of sp³-hybridized carbons (Fsp3) is 0.657. The molecule has 2 heterocycles. The van der Waals surface area contributed by atoms with Gasteiger partial charge in [0.2, 0.25) is 23.5 Å². The summed E-state index contributed by atoms with van der Waals surface area (Å²) < 4.78 is 5.52. The number of methoxy groups -OCH3 is 1. The second kappa shape index (κ2) is 13.3. The molecule has 3 aliphatic rings. The molecule has 1 spiro atoms.